The van der Waals surface area contributed by atoms with Crippen LogP contribution in [0.4, 0.5) is 0 Å². The molecule has 2 heterocycles. The minimum absolute atomic E-state index is 0.316. The summed E-state index contributed by atoms with van der Waals surface area (Å²) in [7, 11) is 0. The molecule has 0 radical (unpaired) electrons. The fraction of sp³-hybridized carbons (Fsp3) is 0.545. The van der Waals surface area contributed by atoms with Gasteiger partial charge < -0.3 is 4.90 Å². The highest BCUT2D eigenvalue weighted by Crippen LogP contribution is 2.30. The molecular weight excluding hydrogens is 322 g/mol. The molecular formula is C22H37N3O. The monoisotopic (exact) mass is 359 g/mol. The van der Waals surface area contributed by atoms with Gasteiger partial charge in [0.2, 0.25) is 6.41 Å². The number of allylic oxidation sites excluding steroid dienone is 5. The second-order valence-electron chi connectivity index (χ2n) is 6.41. The van der Waals surface area contributed by atoms with Crippen molar-refractivity contribution in [3.63, 3.8) is 0 Å². The molecule has 1 aliphatic heterocycles. The molecule has 1 unspecified atom stereocenters. The van der Waals surface area contributed by atoms with Gasteiger partial charge in [-0.05, 0) is 32.3 Å². The van der Waals surface area contributed by atoms with Crippen LogP contribution in [0.15, 0.2) is 36.6 Å². The number of carbonyl (C=O) groups excluding carboxylic acids is 1. The lowest BCUT2D eigenvalue weighted by Gasteiger charge is -2.29. The number of aromatic amines is 1. The molecule has 0 saturated carbocycles. The molecule has 1 N–H and O–H groups in total. The fourth-order valence-corrected chi connectivity index (χ4v) is 2.70. The molecule has 1 saturated heterocycles. The molecule has 1 atom stereocenters. The largest absolute Gasteiger partial charge is 0.345 e. The summed E-state index contributed by atoms with van der Waals surface area (Å²) in [5.74, 6) is 0.316. The number of amides is 1. The van der Waals surface area contributed by atoms with E-state index >= 15 is 0 Å². The average molecular weight is 360 g/mol. The Morgan fingerprint density at radius 3 is 2.54 bits per heavy atom. The number of piperidine rings is 1. The topological polar surface area (TPSA) is 49.0 Å². The van der Waals surface area contributed by atoms with Crippen molar-refractivity contribution in [3.8, 4) is 0 Å². The summed E-state index contributed by atoms with van der Waals surface area (Å²) >= 11 is 0. The first kappa shape index (κ1) is 23.9. The lowest BCUT2D eigenvalue weighted by molar-refractivity contribution is -0.119. The first-order chi connectivity index (χ1) is 12.6. The number of aromatic nitrogens is 2. The maximum atomic E-state index is 11.0. The number of likely N-dealkylation sites (tertiary alicyclic amines) is 1. The van der Waals surface area contributed by atoms with Crippen LogP contribution in [0.25, 0.3) is 5.57 Å². The van der Waals surface area contributed by atoms with Crippen LogP contribution in [0.5, 0.6) is 0 Å². The van der Waals surface area contributed by atoms with Crippen LogP contribution in [0.2, 0.25) is 0 Å². The summed E-state index contributed by atoms with van der Waals surface area (Å²) in [4.78, 5) is 12.8. The molecule has 1 fully saturated rings. The standard InChI is InChI=1S/C17H23N3O.C3H8.C2H6/c1-4-14(8-7-13(2)3)16-10-18-19-17(16)15-6-5-9-20(11-15)12-21;1-3-2;1-2/h4,7-8,10,12,15H,1,5-6,9,11H2,2-3H3,(H,18,19);3H2,1-2H3;1-2H3/b14-8+;;. The molecule has 1 amide bonds. The minimum atomic E-state index is 0.316. The summed E-state index contributed by atoms with van der Waals surface area (Å²) in [5, 5.41) is 7.32. The predicted octanol–water partition coefficient (Wildman–Crippen LogP) is 5.72. The van der Waals surface area contributed by atoms with E-state index in [4.69, 9.17) is 0 Å². The van der Waals surface area contributed by atoms with Gasteiger partial charge >= 0.3 is 0 Å². The molecule has 2 rings (SSSR count). The lowest BCUT2D eigenvalue weighted by Crippen LogP contribution is -2.33. The third kappa shape index (κ3) is 7.85. The molecule has 26 heavy (non-hydrogen) atoms. The molecule has 0 aliphatic carbocycles. The Labute approximate surface area is 160 Å². The molecule has 0 spiro atoms. The Kier molecular flexibility index (Phi) is 13.0. The molecule has 0 bridgehead atoms. The fourth-order valence-electron chi connectivity index (χ4n) is 2.70. The summed E-state index contributed by atoms with van der Waals surface area (Å²) < 4.78 is 0. The predicted molar refractivity (Wildman–Crippen MR) is 113 cm³/mol. The van der Waals surface area contributed by atoms with E-state index in [9.17, 15) is 4.79 Å². The van der Waals surface area contributed by atoms with Crippen molar-refractivity contribution in [1.82, 2.24) is 15.1 Å². The van der Waals surface area contributed by atoms with E-state index in [0.29, 0.717) is 5.92 Å². The van der Waals surface area contributed by atoms with Crippen molar-refractivity contribution in [1.29, 1.82) is 0 Å². The maximum Gasteiger partial charge on any atom is 0.209 e. The van der Waals surface area contributed by atoms with Crippen LogP contribution in [0, 0.1) is 0 Å². The van der Waals surface area contributed by atoms with Crippen LogP contribution in [0.1, 0.15) is 78.0 Å². The van der Waals surface area contributed by atoms with Crippen LogP contribution < -0.4 is 0 Å². The highest BCUT2D eigenvalue weighted by molar-refractivity contribution is 5.76. The third-order valence-electron chi connectivity index (χ3n) is 3.81. The highest BCUT2D eigenvalue weighted by atomic mass is 16.1. The van der Waals surface area contributed by atoms with Crippen molar-refractivity contribution in [2.45, 2.75) is 66.7 Å². The van der Waals surface area contributed by atoms with E-state index in [2.05, 4.69) is 56.6 Å². The van der Waals surface area contributed by atoms with Crippen molar-refractivity contribution in [2.75, 3.05) is 13.1 Å². The Balaban J connectivity index is 0.00000113. The zero-order valence-electron chi connectivity index (χ0n) is 17.5. The van der Waals surface area contributed by atoms with Crippen molar-refractivity contribution in [3.05, 3.63) is 47.8 Å². The lowest BCUT2D eigenvalue weighted by atomic mass is 9.90. The number of nitrogens with zero attached hydrogens (tertiary/aromatic N) is 2. The van der Waals surface area contributed by atoms with Crippen LogP contribution in [0.3, 0.4) is 0 Å². The van der Waals surface area contributed by atoms with Gasteiger partial charge in [-0.25, -0.2) is 0 Å². The Morgan fingerprint density at radius 2 is 2.00 bits per heavy atom. The average Bonchev–Trinajstić information content (AvgIpc) is 3.14. The molecule has 1 aromatic rings. The number of hydrogen-bond donors (Lipinski definition) is 1. The first-order valence-corrected chi connectivity index (χ1v) is 9.77. The molecule has 4 nitrogen and oxygen atoms in total. The molecule has 146 valence electrons. The number of hydrogen-bond acceptors (Lipinski definition) is 2. The van der Waals surface area contributed by atoms with Gasteiger partial charge in [-0.2, -0.15) is 5.10 Å². The minimum Gasteiger partial charge on any atom is -0.345 e. The molecule has 1 aliphatic rings. The van der Waals surface area contributed by atoms with Crippen LogP contribution >= 0.6 is 0 Å². The Bertz CT molecular complexity index is 580. The van der Waals surface area contributed by atoms with Crippen molar-refractivity contribution >= 4 is 12.0 Å². The molecule has 4 heteroatoms. The molecule has 0 aromatic carbocycles. The van der Waals surface area contributed by atoms with E-state index in [1.807, 2.05) is 31.0 Å². The van der Waals surface area contributed by atoms with E-state index in [0.717, 1.165) is 49.2 Å². The van der Waals surface area contributed by atoms with Gasteiger partial charge in [0.25, 0.3) is 0 Å². The summed E-state index contributed by atoms with van der Waals surface area (Å²) in [5.41, 5.74) is 4.49. The second kappa shape index (κ2) is 14.1. The highest BCUT2D eigenvalue weighted by Gasteiger charge is 2.24. The first-order valence-electron chi connectivity index (χ1n) is 9.77. The second-order valence-corrected chi connectivity index (χ2v) is 6.41. The quantitative estimate of drug-likeness (QED) is 0.539. The van der Waals surface area contributed by atoms with Crippen LogP contribution in [-0.4, -0.2) is 34.6 Å². The van der Waals surface area contributed by atoms with Crippen molar-refractivity contribution in [2.24, 2.45) is 0 Å². The normalized spacial score (nSPS) is 16.5. The zero-order valence-corrected chi connectivity index (χ0v) is 17.5. The summed E-state index contributed by atoms with van der Waals surface area (Å²) in [6.07, 6.45) is 12.1. The van der Waals surface area contributed by atoms with Gasteiger partial charge in [-0.15, -0.1) is 0 Å². The van der Waals surface area contributed by atoms with Gasteiger partial charge in [0.15, 0.2) is 0 Å². The van der Waals surface area contributed by atoms with E-state index < -0.39 is 0 Å². The van der Waals surface area contributed by atoms with Gasteiger partial charge in [0.05, 0.1) is 6.20 Å². The molecule has 1 aromatic heterocycles. The number of nitrogens with one attached hydrogen (secondary N) is 1. The van der Waals surface area contributed by atoms with Gasteiger partial charge in [-0.1, -0.05) is 64.5 Å². The number of rotatable bonds is 5. The van der Waals surface area contributed by atoms with Crippen molar-refractivity contribution < 1.29 is 4.79 Å². The Hall–Kier alpha value is -2.10. The summed E-state index contributed by atoms with van der Waals surface area (Å²) in [6.45, 7) is 17.9. The van der Waals surface area contributed by atoms with E-state index in [-0.39, 0.29) is 0 Å². The van der Waals surface area contributed by atoms with Gasteiger partial charge in [-0.3, -0.25) is 9.89 Å². The van der Waals surface area contributed by atoms with E-state index in [1.165, 1.54) is 12.0 Å². The zero-order chi connectivity index (χ0) is 19.9. The van der Waals surface area contributed by atoms with Gasteiger partial charge in [0, 0.05) is 30.3 Å². The maximum absolute atomic E-state index is 11.0. The number of H-pyrrole nitrogens is 1. The Morgan fingerprint density at radius 1 is 1.35 bits per heavy atom. The third-order valence-corrected chi connectivity index (χ3v) is 3.81. The summed E-state index contributed by atoms with van der Waals surface area (Å²) in [6, 6.07) is 0. The smallest absolute Gasteiger partial charge is 0.209 e. The van der Waals surface area contributed by atoms with Gasteiger partial charge in [0.1, 0.15) is 0 Å². The SMILES string of the molecule is C=C/C(=C\C=C(C)C)c1cn[nH]c1C1CCCN(C=O)C1.CC.CCC. The van der Waals surface area contributed by atoms with E-state index in [1.54, 1.807) is 0 Å². The van der Waals surface area contributed by atoms with Crippen LogP contribution in [-0.2, 0) is 4.79 Å². The number of carbonyl (C=O) groups is 1.